The monoisotopic (exact) mass is 356 g/mol. The Morgan fingerprint density at radius 2 is 2.12 bits per heavy atom. The van der Waals surface area contributed by atoms with Crippen LogP contribution in [0.25, 0.3) is 0 Å². The van der Waals surface area contributed by atoms with Gasteiger partial charge in [0.15, 0.2) is 0 Å². The number of aromatic nitrogens is 2. The highest BCUT2D eigenvalue weighted by molar-refractivity contribution is 5.74. The van der Waals surface area contributed by atoms with Crippen LogP contribution in [0.4, 0.5) is 4.79 Å². The van der Waals surface area contributed by atoms with E-state index in [1.54, 1.807) is 0 Å². The fraction of sp³-hybridized carbons (Fsp3) is 0.500. The summed E-state index contributed by atoms with van der Waals surface area (Å²) in [6.07, 6.45) is 2.20. The largest absolute Gasteiger partial charge is 0.376 e. The highest BCUT2D eigenvalue weighted by atomic mass is 16.5. The van der Waals surface area contributed by atoms with Gasteiger partial charge in [-0.3, -0.25) is 4.68 Å². The number of urea groups is 1. The first-order valence-corrected chi connectivity index (χ1v) is 9.27. The molecule has 0 saturated carbocycles. The lowest BCUT2D eigenvalue weighted by Crippen LogP contribution is -2.45. The number of carbonyl (C=O) groups is 1. The van der Waals surface area contributed by atoms with Crippen LogP contribution in [0, 0.1) is 13.8 Å². The number of aryl methyl sites for hydroxylation is 1. The van der Waals surface area contributed by atoms with Crippen LogP contribution < -0.4 is 10.6 Å². The summed E-state index contributed by atoms with van der Waals surface area (Å²) >= 11 is 0. The van der Waals surface area contributed by atoms with Crippen LogP contribution >= 0.6 is 0 Å². The first-order chi connectivity index (χ1) is 12.5. The lowest BCUT2D eigenvalue weighted by atomic mass is 10.1. The molecule has 6 nitrogen and oxygen atoms in total. The van der Waals surface area contributed by atoms with Crippen molar-refractivity contribution < 1.29 is 9.53 Å². The average molecular weight is 356 g/mol. The smallest absolute Gasteiger partial charge is 0.315 e. The molecule has 2 aromatic rings. The standard InChI is InChI=1S/C20H28N4O2/c1-14-18(12-21-20(25)22-15(2)19-10-7-11-26-19)16(3)24(23-14)13-17-8-5-4-6-9-17/h4-6,8-9,15,19H,7,10-13H2,1-3H3,(H2,21,22,25). The predicted molar refractivity (Wildman–Crippen MR) is 101 cm³/mol. The Balaban J connectivity index is 1.56. The van der Waals surface area contributed by atoms with Crippen LogP contribution in [0.5, 0.6) is 0 Å². The summed E-state index contributed by atoms with van der Waals surface area (Å²) in [5.74, 6) is 0. The van der Waals surface area contributed by atoms with E-state index in [0.717, 1.165) is 42.9 Å². The van der Waals surface area contributed by atoms with Crippen molar-refractivity contribution in [2.75, 3.05) is 6.61 Å². The molecule has 26 heavy (non-hydrogen) atoms. The molecule has 140 valence electrons. The van der Waals surface area contributed by atoms with E-state index in [4.69, 9.17) is 4.74 Å². The maximum Gasteiger partial charge on any atom is 0.315 e. The van der Waals surface area contributed by atoms with Gasteiger partial charge in [-0.25, -0.2) is 4.79 Å². The SMILES string of the molecule is Cc1nn(Cc2ccccc2)c(C)c1CNC(=O)NC(C)C1CCCO1. The Morgan fingerprint density at radius 3 is 2.81 bits per heavy atom. The molecular formula is C20H28N4O2. The van der Waals surface area contributed by atoms with Crippen molar-refractivity contribution in [2.24, 2.45) is 0 Å². The topological polar surface area (TPSA) is 68.2 Å². The van der Waals surface area contributed by atoms with Gasteiger partial charge in [0, 0.05) is 24.4 Å². The minimum atomic E-state index is -0.164. The molecule has 1 fully saturated rings. The molecule has 1 aliphatic heterocycles. The molecule has 6 heteroatoms. The van der Waals surface area contributed by atoms with Gasteiger partial charge in [-0.05, 0) is 39.2 Å². The van der Waals surface area contributed by atoms with Gasteiger partial charge in [0.05, 0.1) is 24.4 Å². The van der Waals surface area contributed by atoms with Gasteiger partial charge in [-0.15, -0.1) is 0 Å². The Kier molecular flexibility index (Phi) is 5.93. The Bertz CT molecular complexity index is 736. The molecule has 1 saturated heterocycles. The van der Waals surface area contributed by atoms with E-state index in [-0.39, 0.29) is 18.2 Å². The molecule has 2 unspecified atom stereocenters. The summed E-state index contributed by atoms with van der Waals surface area (Å²) in [6, 6.07) is 10.1. The second-order valence-electron chi connectivity index (χ2n) is 6.96. The number of benzene rings is 1. The number of carbonyl (C=O) groups excluding carboxylic acids is 1. The second-order valence-corrected chi connectivity index (χ2v) is 6.96. The van der Waals surface area contributed by atoms with Crippen molar-refractivity contribution in [3.05, 3.63) is 52.8 Å². The number of nitrogens with one attached hydrogen (secondary N) is 2. The molecule has 1 aliphatic rings. The summed E-state index contributed by atoms with van der Waals surface area (Å²) in [6.45, 7) is 8.01. The maximum absolute atomic E-state index is 12.2. The van der Waals surface area contributed by atoms with Crippen molar-refractivity contribution in [1.29, 1.82) is 0 Å². The zero-order valence-corrected chi connectivity index (χ0v) is 15.8. The third kappa shape index (κ3) is 4.43. The molecule has 2 atom stereocenters. The fourth-order valence-electron chi connectivity index (χ4n) is 3.42. The number of rotatable bonds is 6. The highest BCUT2D eigenvalue weighted by Gasteiger charge is 2.23. The summed E-state index contributed by atoms with van der Waals surface area (Å²) in [5, 5.41) is 10.6. The molecule has 0 aliphatic carbocycles. The van der Waals surface area contributed by atoms with Crippen molar-refractivity contribution in [3.63, 3.8) is 0 Å². The first-order valence-electron chi connectivity index (χ1n) is 9.27. The highest BCUT2D eigenvalue weighted by Crippen LogP contribution is 2.16. The van der Waals surface area contributed by atoms with Crippen LogP contribution in [0.2, 0.25) is 0 Å². The van der Waals surface area contributed by atoms with Gasteiger partial charge in [0.25, 0.3) is 0 Å². The van der Waals surface area contributed by atoms with Crippen molar-refractivity contribution >= 4 is 6.03 Å². The van der Waals surface area contributed by atoms with E-state index in [1.807, 2.05) is 43.7 Å². The van der Waals surface area contributed by atoms with E-state index in [9.17, 15) is 4.79 Å². The quantitative estimate of drug-likeness (QED) is 0.836. The molecule has 2 N–H and O–H groups in total. The second kappa shape index (κ2) is 8.36. The Hall–Kier alpha value is -2.34. The maximum atomic E-state index is 12.2. The molecule has 0 spiro atoms. The van der Waals surface area contributed by atoms with Crippen LogP contribution in [-0.2, 0) is 17.8 Å². The summed E-state index contributed by atoms with van der Waals surface area (Å²) in [5.41, 5.74) is 4.31. The molecule has 1 aromatic heterocycles. The van der Waals surface area contributed by atoms with Gasteiger partial charge in [0.2, 0.25) is 0 Å². The number of hydrogen-bond acceptors (Lipinski definition) is 3. The predicted octanol–water partition coefficient (Wildman–Crippen LogP) is 2.91. The van der Waals surface area contributed by atoms with Crippen molar-refractivity contribution in [1.82, 2.24) is 20.4 Å². The molecule has 0 bridgehead atoms. The minimum Gasteiger partial charge on any atom is -0.376 e. The molecule has 0 radical (unpaired) electrons. The third-order valence-electron chi connectivity index (χ3n) is 5.01. The zero-order chi connectivity index (χ0) is 18.5. The zero-order valence-electron chi connectivity index (χ0n) is 15.8. The van der Waals surface area contributed by atoms with E-state index < -0.39 is 0 Å². The third-order valence-corrected chi connectivity index (χ3v) is 5.01. The van der Waals surface area contributed by atoms with Crippen LogP contribution in [0.3, 0.4) is 0 Å². The summed E-state index contributed by atoms with van der Waals surface area (Å²) in [4.78, 5) is 12.2. The molecule has 2 amide bonds. The number of ether oxygens (including phenoxy) is 1. The van der Waals surface area contributed by atoms with E-state index in [2.05, 4.69) is 27.9 Å². The van der Waals surface area contributed by atoms with E-state index >= 15 is 0 Å². The number of amides is 2. The Morgan fingerprint density at radius 1 is 1.35 bits per heavy atom. The molecule has 2 heterocycles. The van der Waals surface area contributed by atoms with Crippen LogP contribution in [0.15, 0.2) is 30.3 Å². The molecular weight excluding hydrogens is 328 g/mol. The summed E-state index contributed by atoms with van der Waals surface area (Å²) < 4.78 is 7.62. The van der Waals surface area contributed by atoms with Gasteiger partial charge in [-0.2, -0.15) is 5.10 Å². The van der Waals surface area contributed by atoms with E-state index in [0.29, 0.717) is 6.54 Å². The normalized spacial score (nSPS) is 17.9. The van der Waals surface area contributed by atoms with Gasteiger partial charge in [-0.1, -0.05) is 30.3 Å². The minimum absolute atomic E-state index is 0.0143. The lowest BCUT2D eigenvalue weighted by molar-refractivity contribution is 0.0860. The van der Waals surface area contributed by atoms with Gasteiger partial charge < -0.3 is 15.4 Å². The lowest BCUT2D eigenvalue weighted by Gasteiger charge is -2.20. The van der Waals surface area contributed by atoms with Crippen molar-refractivity contribution in [2.45, 2.75) is 58.8 Å². The number of hydrogen-bond donors (Lipinski definition) is 2. The van der Waals surface area contributed by atoms with Gasteiger partial charge in [0.1, 0.15) is 0 Å². The first kappa shape index (κ1) is 18.5. The van der Waals surface area contributed by atoms with Gasteiger partial charge >= 0.3 is 6.03 Å². The molecule has 3 rings (SSSR count). The Labute approximate surface area is 154 Å². The average Bonchev–Trinajstić information content (AvgIpc) is 3.24. The van der Waals surface area contributed by atoms with E-state index in [1.165, 1.54) is 5.56 Å². The molecule has 1 aromatic carbocycles. The van der Waals surface area contributed by atoms with Crippen molar-refractivity contribution in [3.8, 4) is 0 Å². The fourth-order valence-corrected chi connectivity index (χ4v) is 3.42. The van der Waals surface area contributed by atoms with Crippen LogP contribution in [0.1, 0.15) is 42.3 Å². The number of nitrogens with zero attached hydrogens (tertiary/aromatic N) is 2. The summed E-state index contributed by atoms with van der Waals surface area (Å²) in [7, 11) is 0. The van der Waals surface area contributed by atoms with Crippen LogP contribution in [-0.4, -0.2) is 34.6 Å².